The summed E-state index contributed by atoms with van der Waals surface area (Å²) in [6.07, 6.45) is 5.49. The highest BCUT2D eigenvalue weighted by Crippen LogP contribution is 2.56. The minimum absolute atomic E-state index is 0.829. The number of nitrogen functional groups attached to an aromatic ring is 1. The number of hydrogen-bond acceptors (Lipinski definition) is 2. The van der Waals surface area contributed by atoms with E-state index >= 15 is 0 Å². The second-order valence-electron chi connectivity index (χ2n) is 5.28. The zero-order valence-corrected chi connectivity index (χ0v) is 9.53. The second-order valence-corrected chi connectivity index (χ2v) is 5.28. The van der Waals surface area contributed by atoms with Gasteiger partial charge in [0.15, 0.2) is 0 Å². The topological polar surface area (TPSA) is 43.8 Å². The van der Waals surface area contributed by atoms with Crippen LogP contribution in [-0.2, 0) is 13.5 Å². The normalized spacial score (nSPS) is 33.1. The summed E-state index contributed by atoms with van der Waals surface area (Å²) in [6.45, 7) is 2.09. The molecule has 3 nitrogen and oxygen atoms in total. The van der Waals surface area contributed by atoms with Gasteiger partial charge >= 0.3 is 0 Å². The van der Waals surface area contributed by atoms with E-state index in [0.29, 0.717) is 0 Å². The maximum atomic E-state index is 5.92. The van der Waals surface area contributed by atoms with Crippen molar-refractivity contribution in [1.29, 1.82) is 0 Å². The molecule has 15 heavy (non-hydrogen) atoms. The Hall–Kier alpha value is -0.990. The first-order valence-corrected chi connectivity index (χ1v) is 5.94. The Labute approximate surface area is 90.7 Å². The molecule has 0 saturated heterocycles. The Bertz CT molecular complexity index is 394. The number of nitrogens with two attached hydrogens (primary N) is 1. The predicted octanol–water partition coefficient (Wildman–Crippen LogP) is 1.90. The van der Waals surface area contributed by atoms with Crippen molar-refractivity contribution in [1.82, 2.24) is 9.78 Å². The molecule has 2 aliphatic rings. The molecule has 0 radical (unpaired) electrons. The lowest BCUT2D eigenvalue weighted by Gasteiger charge is -2.09. The molecule has 1 aromatic heterocycles. The highest BCUT2D eigenvalue weighted by Gasteiger charge is 2.47. The van der Waals surface area contributed by atoms with Crippen LogP contribution in [0.15, 0.2) is 0 Å². The van der Waals surface area contributed by atoms with Crippen LogP contribution in [-0.4, -0.2) is 9.78 Å². The third kappa shape index (κ3) is 1.36. The molecule has 0 amide bonds. The van der Waals surface area contributed by atoms with Gasteiger partial charge in [0, 0.05) is 12.6 Å². The van der Waals surface area contributed by atoms with E-state index in [0.717, 1.165) is 30.0 Å². The Morgan fingerprint density at radius 1 is 1.47 bits per heavy atom. The van der Waals surface area contributed by atoms with E-state index in [1.54, 1.807) is 0 Å². The highest BCUT2D eigenvalue weighted by molar-refractivity contribution is 5.42. The largest absolute Gasteiger partial charge is 0.384 e. The van der Waals surface area contributed by atoms with Gasteiger partial charge in [0.1, 0.15) is 5.82 Å². The first-order chi connectivity index (χ1) is 7.16. The van der Waals surface area contributed by atoms with Crippen molar-refractivity contribution >= 4 is 5.82 Å². The van der Waals surface area contributed by atoms with Crippen LogP contribution >= 0.6 is 0 Å². The molecule has 2 fully saturated rings. The Morgan fingerprint density at radius 2 is 2.27 bits per heavy atom. The molecule has 1 aromatic rings. The standard InChI is InChI=1S/C12H19N3/c1-7-11(14-15(2)12(7)13)6-9-4-3-8-5-10(8)9/h8-10H,3-6,13H2,1-2H3/t8-,9?,10+/m1/s1. The summed E-state index contributed by atoms with van der Waals surface area (Å²) in [5, 5.41) is 4.52. The van der Waals surface area contributed by atoms with E-state index in [4.69, 9.17) is 5.73 Å². The van der Waals surface area contributed by atoms with Crippen molar-refractivity contribution in [2.24, 2.45) is 24.8 Å². The van der Waals surface area contributed by atoms with E-state index in [1.165, 1.54) is 30.5 Å². The van der Waals surface area contributed by atoms with Gasteiger partial charge in [-0.1, -0.05) is 0 Å². The predicted molar refractivity (Wildman–Crippen MR) is 60.4 cm³/mol. The average Bonchev–Trinajstić information content (AvgIpc) is 2.85. The molecule has 3 rings (SSSR count). The third-order valence-corrected chi connectivity index (χ3v) is 4.38. The molecular weight excluding hydrogens is 186 g/mol. The lowest BCUT2D eigenvalue weighted by Crippen LogP contribution is -2.05. The zero-order valence-electron chi connectivity index (χ0n) is 9.53. The number of nitrogens with zero attached hydrogens (tertiary/aromatic N) is 2. The van der Waals surface area contributed by atoms with Crippen LogP contribution in [0.4, 0.5) is 5.82 Å². The zero-order chi connectivity index (χ0) is 10.6. The molecule has 3 heteroatoms. The van der Waals surface area contributed by atoms with Crippen molar-refractivity contribution in [3.63, 3.8) is 0 Å². The number of aromatic nitrogens is 2. The van der Waals surface area contributed by atoms with Gasteiger partial charge in [0.25, 0.3) is 0 Å². The van der Waals surface area contributed by atoms with E-state index in [9.17, 15) is 0 Å². The molecule has 0 aromatic carbocycles. The molecular formula is C12H19N3. The summed E-state index contributed by atoms with van der Waals surface area (Å²) in [7, 11) is 1.93. The van der Waals surface area contributed by atoms with Crippen LogP contribution in [0.2, 0.25) is 0 Å². The van der Waals surface area contributed by atoms with Gasteiger partial charge in [-0.15, -0.1) is 0 Å². The maximum absolute atomic E-state index is 5.92. The van der Waals surface area contributed by atoms with Crippen molar-refractivity contribution in [2.75, 3.05) is 5.73 Å². The first-order valence-electron chi connectivity index (χ1n) is 5.94. The van der Waals surface area contributed by atoms with Crippen LogP contribution in [0.3, 0.4) is 0 Å². The second kappa shape index (κ2) is 3.00. The minimum atomic E-state index is 0.829. The van der Waals surface area contributed by atoms with E-state index in [2.05, 4.69) is 12.0 Å². The number of fused-ring (bicyclic) bond motifs is 1. The SMILES string of the molecule is Cc1c(CC2CC[C@@H]3C[C@H]23)nn(C)c1N. The molecule has 2 N–H and O–H groups in total. The fourth-order valence-corrected chi connectivity index (χ4v) is 3.22. The third-order valence-electron chi connectivity index (χ3n) is 4.38. The molecule has 0 bridgehead atoms. The number of hydrogen-bond donors (Lipinski definition) is 1. The molecule has 82 valence electrons. The summed E-state index contributed by atoms with van der Waals surface area (Å²) < 4.78 is 1.81. The van der Waals surface area contributed by atoms with Crippen LogP contribution in [0.1, 0.15) is 30.5 Å². The van der Waals surface area contributed by atoms with E-state index in [1.807, 2.05) is 11.7 Å². The lowest BCUT2D eigenvalue weighted by atomic mass is 9.96. The minimum Gasteiger partial charge on any atom is -0.384 e. The van der Waals surface area contributed by atoms with Crippen molar-refractivity contribution in [2.45, 2.75) is 32.6 Å². The molecule has 2 saturated carbocycles. The lowest BCUT2D eigenvalue weighted by molar-refractivity contribution is 0.469. The van der Waals surface area contributed by atoms with Crippen molar-refractivity contribution < 1.29 is 0 Å². The molecule has 0 aliphatic heterocycles. The number of anilines is 1. The van der Waals surface area contributed by atoms with Crippen LogP contribution < -0.4 is 5.73 Å². The molecule has 1 heterocycles. The van der Waals surface area contributed by atoms with Gasteiger partial charge < -0.3 is 5.73 Å². The van der Waals surface area contributed by atoms with Gasteiger partial charge in [-0.3, -0.25) is 4.68 Å². The van der Waals surface area contributed by atoms with E-state index in [-0.39, 0.29) is 0 Å². The van der Waals surface area contributed by atoms with Gasteiger partial charge in [-0.05, 0) is 50.4 Å². The monoisotopic (exact) mass is 205 g/mol. The fraction of sp³-hybridized carbons (Fsp3) is 0.750. The number of aryl methyl sites for hydroxylation is 1. The maximum Gasteiger partial charge on any atom is 0.124 e. The first kappa shape index (κ1) is 9.25. The molecule has 1 unspecified atom stereocenters. The van der Waals surface area contributed by atoms with Gasteiger partial charge in [-0.2, -0.15) is 5.10 Å². The Morgan fingerprint density at radius 3 is 2.73 bits per heavy atom. The number of rotatable bonds is 2. The summed E-state index contributed by atoms with van der Waals surface area (Å²) in [4.78, 5) is 0. The van der Waals surface area contributed by atoms with Crippen LogP contribution in [0.25, 0.3) is 0 Å². The van der Waals surface area contributed by atoms with Crippen molar-refractivity contribution in [3.05, 3.63) is 11.3 Å². The smallest absolute Gasteiger partial charge is 0.124 e. The molecule has 2 aliphatic carbocycles. The summed E-state index contributed by atoms with van der Waals surface area (Å²) >= 11 is 0. The Balaban J connectivity index is 1.78. The summed E-state index contributed by atoms with van der Waals surface area (Å²) in [6, 6.07) is 0. The molecule has 3 atom stereocenters. The quantitative estimate of drug-likeness (QED) is 0.801. The van der Waals surface area contributed by atoms with Gasteiger partial charge in [0.2, 0.25) is 0 Å². The summed E-state index contributed by atoms with van der Waals surface area (Å²) in [5.41, 5.74) is 8.35. The van der Waals surface area contributed by atoms with Gasteiger partial charge in [-0.25, -0.2) is 0 Å². The van der Waals surface area contributed by atoms with Crippen LogP contribution in [0, 0.1) is 24.7 Å². The van der Waals surface area contributed by atoms with E-state index < -0.39 is 0 Å². The molecule has 0 spiro atoms. The average molecular weight is 205 g/mol. The fourth-order valence-electron chi connectivity index (χ4n) is 3.22. The van der Waals surface area contributed by atoms with Gasteiger partial charge in [0.05, 0.1) is 5.69 Å². The van der Waals surface area contributed by atoms with Crippen molar-refractivity contribution in [3.8, 4) is 0 Å². The highest BCUT2D eigenvalue weighted by atomic mass is 15.3. The summed E-state index contributed by atoms with van der Waals surface area (Å²) in [5.74, 6) is 3.81. The Kier molecular flexibility index (Phi) is 1.85. The van der Waals surface area contributed by atoms with Crippen LogP contribution in [0.5, 0.6) is 0 Å².